The van der Waals surface area contributed by atoms with Gasteiger partial charge in [0.25, 0.3) is 0 Å². The van der Waals surface area contributed by atoms with Crippen molar-refractivity contribution in [3.8, 4) is 0 Å². The van der Waals surface area contributed by atoms with Gasteiger partial charge >= 0.3 is 0 Å². The van der Waals surface area contributed by atoms with Crippen molar-refractivity contribution in [2.75, 3.05) is 0 Å². The van der Waals surface area contributed by atoms with Crippen molar-refractivity contribution in [2.24, 2.45) is 10.2 Å². The van der Waals surface area contributed by atoms with Crippen LogP contribution in [0.25, 0.3) is 20.9 Å². The van der Waals surface area contributed by atoms with E-state index in [1.165, 1.54) is 6.20 Å². The van der Waals surface area contributed by atoms with Crippen molar-refractivity contribution in [2.45, 2.75) is 0 Å². The van der Waals surface area contributed by atoms with Crippen LogP contribution in [0, 0.1) is 0 Å². The molecule has 0 aliphatic heterocycles. The van der Waals surface area contributed by atoms with Gasteiger partial charge in [0, 0.05) is 9.82 Å². The first kappa shape index (κ1) is 9.08. The average molecular weight is 197 g/mol. The highest BCUT2D eigenvalue weighted by molar-refractivity contribution is 6.29. The largest absolute Gasteiger partial charge is 0.249 e. The summed E-state index contributed by atoms with van der Waals surface area (Å²) >= 11 is 5.46. The fraction of sp³-hybridized carbons (Fsp3) is 0. The van der Waals surface area contributed by atoms with E-state index in [9.17, 15) is 0 Å². The lowest BCUT2D eigenvalue weighted by atomic mass is 10.6. The van der Waals surface area contributed by atoms with Crippen molar-refractivity contribution < 1.29 is 0 Å². The van der Waals surface area contributed by atoms with E-state index in [0.717, 1.165) is 0 Å². The standard InChI is InChI=1S/C4HClN8/c5-2-1-8-3(10-12-6)4(9-2)11-13-7/h1H. The van der Waals surface area contributed by atoms with Crippen molar-refractivity contribution in [3.63, 3.8) is 0 Å². The first-order chi connectivity index (χ1) is 6.27. The predicted octanol–water partition coefficient (Wildman–Crippen LogP) is 3.01. The Bertz CT molecular complexity index is 414. The lowest BCUT2D eigenvalue weighted by molar-refractivity contribution is 1.14. The minimum Gasteiger partial charge on any atom is -0.249 e. The van der Waals surface area contributed by atoms with Crippen LogP contribution >= 0.6 is 11.6 Å². The number of hydrogen-bond donors (Lipinski definition) is 0. The van der Waals surface area contributed by atoms with Gasteiger partial charge in [-0.15, -0.1) is 0 Å². The molecule has 0 aromatic carbocycles. The van der Waals surface area contributed by atoms with E-state index >= 15 is 0 Å². The molecule has 0 radical (unpaired) electrons. The Hall–Kier alpha value is -2.01. The lowest BCUT2D eigenvalue weighted by Gasteiger charge is -1.94. The van der Waals surface area contributed by atoms with Crippen LogP contribution in [0.1, 0.15) is 0 Å². The van der Waals surface area contributed by atoms with Gasteiger partial charge in [-0.2, -0.15) is 0 Å². The van der Waals surface area contributed by atoms with Crippen molar-refractivity contribution in [3.05, 3.63) is 32.2 Å². The molecule has 9 heteroatoms. The van der Waals surface area contributed by atoms with E-state index in [2.05, 4.69) is 30.0 Å². The molecule has 13 heavy (non-hydrogen) atoms. The van der Waals surface area contributed by atoms with Gasteiger partial charge in [0.2, 0.25) is 0 Å². The van der Waals surface area contributed by atoms with E-state index in [0.29, 0.717) is 0 Å². The zero-order valence-electron chi connectivity index (χ0n) is 6.03. The molecule has 1 heterocycles. The monoisotopic (exact) mass is 196 g/mol. The Morgan fingerprint density at radius 2 is 1.85 bits per heavy atom. The van der Waals surface area contributed by atoms with Crippen molar-refractivity contribution in [1.82, 2.24) is 9.97 Å². The lowest BCUT2D eigenvalue weighted by Crippen LogP contribution is -1.79. The highest BCUT2D eigenvalue weighted by Crippen LogP contribution is 2.24. The Morgan fingerprint density at radius 3 is 2.46 bits per heavy atom. The molecule has 0 bridgehead atoms. The molecular weight excluding hydrogens is 196 g/mol. The summed E-state index contributed by atoms with van der Waals surface area (Å²) in [6.45, 7) is 0. The minimum atomic E-state index is -0.146. The molecule has 0 amide bonds. The summed E-state index contributed by atoms with van der Waals surface area (Å²) in [5.41, 5.74) is 16.2. The number of nitrogens with zero attached hydrogens (tertiary/aromatic N) is 8. The number of halogens is 1. The normalized spacial score (nSPS) is 8.38. The molecule has 0 atom stereocenters. The van der Waals surface area contributed by atoms with Gasteiger partial charge in [-0.3, -0.25) is 0 Å². The average Bonchev–Trinajstić information content (AvgIpc) is 2.10. The van der Waals surface area contributed by atoms with Crippen LogP contribution in [0.5, 0.6) is 0 Å². The maximum absolute atomic E-state index is 8.12. The molecule has 1 rings (SSSR count). The molecule has 0 N–H and O–H groups in total. The summed E-state index contributed by atoms with van der Waals surface area (Å²) in [6, 6.07) is 0. The number of aromatic nitrogens is 2. The van der Waals surface area contributed by atoms with Crippen LogP contribution in [0.15, 0.2) is 16.4 Å². The smallest absolute Gasteiger partial charge is 0.156 e. The zero-order valence-corrected chi connectivity index (χ0v) is 6.79. The van der Waals surface area contributed by atoms with Crippen LogP contribution in [-0.2, 0) is 0 Å². The molecule has 1 aromatic rings. The highest BCUT2D eigenvalue weighted by atomic mass is 35.5. The molecule has 0 aliphatic carbocycles. The fourth-order valence-corrected chi connectivity index (χ4v) is 0.703. The summed E-state index contributed by atoms with van der Waals surface area (Å²) in [5, 5.41) is 6.35. The second kappa shape index (κ2) is 4.13. The first-order valence-corrected chi connectivity index (χ1v) is 3.28. The van der Waals surface area contributed by atoms with E-state index < -0.39 is 0 Å². The highest BCUT2D eigenvalue weighted by Gasteiger charge is 2.01. The van der Waals surface area contributed by atoms with Crippen LogP contribution in [0.3, 0.4) is 0 Å². The van der Waals surface area contributed by atoms with E-state index in [1.807, 2.05) is 0 Å². The Kier molecular flexibility index (Phi) is 2.88. The van der Waals surface area contributed by atoms with Gasteiger partial charge in [-0.05, 0) is 21.3 Å². The van der Waals surface area contributed by atoms with Crippen LogP contribution in [-0.4, -0.2) is 9.97 Å². The van der Waals surface area contributed by atoms with E-state index in [1.54, 1.807) is 0 Å². The van der Waals surface area contributed by atoms with E-state index in [4.69, 9.17) is 22.7 Å². The number of hydrogen-bond acceptors (Lipinski definition) is 4. The van der Waals surface area contributed by atoms with Gasteiger partial charge in [-0.1, -0.05) is 11.6 Å². The molecule has 0 aliphatic rings. The van der Waals surface area contributed by atoms with Gasteiger partial charge in [-0.25, -0.2) is 9.97 Å². The Labute approximate surface area is 76.4 Å². The summed E-state index contributed by atoms with van der Waals surface area (Å²) in [4.78, 5) is 12.2. The van der Waals surface area contributed by atoms with Gasteiger partial charge in [0.1, 0.15) is 5.15 Å². The predicted molar refractivity (Wildman–Crippen MR) is 44.7 cm³/mol. The van der Waals surface area contributed by atoms with Gasteiger partial charge in [0.05, 0.1) is 6.20 Å². The molecule has 0 saturated carbocycles. The van der Waals surface area contributed by atoms with Gasteiger partial charge < -0.3 is 0 Å². The maximum Gasteiger partial charge on any atom is 0.156 e. The van der Waals surface area contributed by atoms with Crippen LogP contribution < -0.4 is 0 Å². The summed E-state index contributed by atoms with van der Waals surface area (Å²) in [7, 11) is 0. The second-order valence-electron chi connectivity index (χ2n) is 1.72. The molecule has 0 fully saturated rings. The number of rotatable bonds is 2. The third-order valence-corrected chi connectivity index (χ3v) is 1.17. The summed E-state index contributed by atoms with van der Waals surface area (Å²) in [6.07, 6.45) is 1.18. The third kappa shape index (κ3) is 2.21. The zero-order chi connectivity index (χ0) is 9.68. The minimum absolute atomic E-state index is 0.0549. The SMILES string of the molecule is [N-]=[N+]=Nc1ncc(Cl)nc1N=[N+]=[N-]. The third-order valence-electron chi connectivity index (χ3n) is 0.985. The molecule has 1 aromatic heterocycles. The molecule has 64 valence electrons. The molecule has 0 spiro atoms. The molecule has 0 saturated heterocycles. The molecule has 0 unspecified atom stereocenters. The van der Waals surface area contributed by atoms with Gasteiger partial charge in [0.15, 0.2) is 11.6 Å². The quantitative estimate of drug-likeness (QED) is 0.410. The van der Waals surface area contributed by atoms with Crippen LogP contribution in [0.4, 0.5) is 11.6 Å². The topological polar surface area (TPSA) is 123 Å². The molecular formula is C4HClN8. The Balaban J connectivity index is 3.33. The molecule has 8 nitrogen and oxygen atoms in total. The number of azide groups is 2. The fourth-order valence-electron chi connectivity index (χ4n) is 0.575. The van der Waals surface area contributed by atoms with Crippen molar-refractivity contribution >= 4 is 23.2 Å². The van der Waals surface area contributed by atoms with Crippen molar-refractivity contribution in [1.29, 1.82) is 0 Å². The van der Waals surface area contributed by atoms with Crippen LogP contribution in [0.2, 0.25) is 5.15 Å². The first-order valence-electron chi connectivity index (χ1n) is 2.90. The summed E-state index contributed by atoms with van der Waals surface area (Å²) in [5.74, 6) is -0.252. The summed E-state index contributed by atoms with van der Waals surface area (Å²) < 4.78 is 0. The maximum atomic E-state index is 8.12. The van der Waals surface area contributed by atoms with E-state index in [-0.39, 0.29) is 16.8 Å². The second-order valence-corrected chi connectivity index (χ2v) is 2.11. The Morgan fingerprint density at radius 1 is 1.23 bits per heavy atom.